The van der Waals surface area contributed by atoms with Crippen LogP contribution in [-0.4, -0.2) is 50.7 Å². The van der Waals surface area contributed by atoms with Crippen molar-refractivity contribution in [2.45, 2.75) is 25.8 Å². The zero-order chi connectivity index (χ0) is 15.3. The number of amides is 1. The molecule has 22 heavy (non-hydrogen) atoms. The van der Waals surface area contributed by atoms with Crippen molar-refractivity contribution in [2.24, 2.45) is 5.92 Å². The minimum Gasteiger partial charge on any atom is -0.363 e. The highest BCUT2D eigenvalue weighted by Gasteiger charge is 2.34. The molecule has 7 nitrogen and oxygen atoms in total. The van der Waals surface area contributed by atoms with Gasteiger partial charge in [-0.15, -0.1) is 0 Å². The van der Waals surface area contributed by atoms with Gasteiger partial charge in [0.1, 0.15) is 17.8 Å². The zero-order valence-corrected chi connectivity index (χ0v) is 12.3. The minimum absolute atomic E-state index is 0.0807. The summed E-state index contributed by atoms with van der Waals surface area (Å²) in [4.78, 5) is 36.9. The standard InChI is InChI=1S/C15H17N5O2/c1-8(21)20-5-10(6-20)19-15-12-11(13(22)9-2-3-9)4-16-14(12)17-7-18-15/h4,7,9-10H,2-3,5-6H2,1H3,(H2,16,17,18,19). The van der Waals surface area contributed by atoms with Crippen LogP contribution in [0.5, 0.6) is 0 Å². The Kier molecular flexibility index (Phi) is 2.88. The molecule has 0 unspecified atom stereocenters. The van der Waals surface area contributed by atoms with Gasteiger partial charge in [-0.3, -0.25) is 9.59 Å². The summed E-state index contributed by atoms with van der Waals surface area (Å²) in [6.45, 7) is 2.89. The molecule has 1 aliphatic carbocycles. The molecular formula is C15H17N5O2. The van der Waals surface area contributed by atoms with Gasteiger partial charge in [0.25, 0.3) is 0 Å². The lowest BCUT2D eigenvalue weighted by Crippen LogP contribution is -2.56. The van der Waals surface area contributed by atoms with Crippen LogP contribution in [0.2, 0.25) is 0 Å². The molecule has 1 saturated carbocycles. The van der Waals surface area contributed by atoms with Crippen LogP contribution < -0.4 is 5.32 Å². The molecule has 7 heteroatoms. The number of nitrogens with one attached hydrogen (secondary N) is 2. The van der Waals surface area contributed by atoms with Gasteiger partial charge >= 0.3 is 0 Å². The third kappa shape index (κ3) is 2.13. The fraction of sp³-hybridized carbons (Fsp3) is 0.467. The highest BCUT2D eigenvalue weighted by molar-refractivity contribution is 6.12. The van der Waals surface area contributed by atoms with E-state index in [0.717, 1.165) is 18.2 Å². The average Bonchev–Trinajstić information content (AvgIpc) is 3.20. The maximum Gasteiger partial charge on any atom is 0.219 e. The van der Waals surface area contributed by atoms with Crippen LogP contribution in [0.4, 0.5) is 5.82 Å². The number of H-pyrrole nitrogens is 1. The first-order valence-electron chi connectivity index (χ1n) is 7.52. The molecule has 1 saturated heterocycles. The molecule has 1 amide bonds. The number of aromatic amines is 1. The van der Waals surface area contributed by atoms with Crippen LogP contribution in [0.15, 0.2) is 12.5 Å². The Bertz CT molecular complexity index is 758. The van der Waals surface area contributed by atoms with E-state index in [0.29, 0.717) is 30.1 Å². The predicted molar refractivity (Wildman–Crippen MR) is 80.6 cm³/mol. The first-order valence-corrected chi connectivity index (χ1v) is 7.52. The van der Waals surface area contributed by atoms with Gasteiger partial charge in [0, 0.05) is 37.7 Å². The maximum absolute atomic E-state index is 12.4. The smallest absolute Gasteiger partial charge is 0.219 e. The molecule has 2 aromatic heterocycles. The molecule has 0 aromatic carbocycles. The first kappa shape index (κ1) is 13.2. The lowest BCUT2D eigenvalue weighted by atomic mass is 10.1. The summed E-state index contributed by atoms with van der Waals surface area (Å²) in [5.41, 5.74) is 1.34. The molecule has 2 aliphatic rings. The number of Topliss-reactive ketones (excluding diaryl/α,β-unsaturated/α-hetero) is 1. The number of carbonyl (C=O) groups excluding carboxylic acids is 2. The largest absolute Gasteiger partial charge is 0.363 e. The van der Waals surface area contributed by atoms with Crippen LogP contribution in [0.25, 0.3) is 11.0 Å². The van der Waals surface area contributed by atoms with Crippen molar-refractivity contribution in [3.63, 3.8) is 0 Å². The van der Waals surface area contributed by atoms with Crippen molar-refractivity contribution in [2.75, 3.05) is 18.4 Å². The van der Waals surface area contributed by atoms with E-state index >= 15 is 0 Å². The normalized spacial score (nSPS) is 18.3. The molecule has 2 aromatic rings. The van der Waals surface area contributed by atoms with Crippen LogP contribution >= 0.6 is 0 Å². The summed E-state index contributed by atoms with van der Waals surface area (Å²) < 4.78 is 0. The Hall–Kier alpha value is -2.44. The molecule has 0 atom stereocenters. The van der Waals surface area contributed by atoms with Crippen LogP contribution in [-0.2, 0) is 4.79 Å². The Morgan fingerprint density at radius 2 is 2.09 bits per heavy atom. The molecular weight excluding hydrogens is 282 g/mol. The lowest BCUT2D eigenvalue weighted by molar-refractivity contribution is -0.132. The highest BCUT2D eigenvalue weighted by Crippen LogP contribution is 2.36. The van der Waals surface area contributed by atoms with Crippen LogP contribution in [0.3, 0.4) is 0 Å². The first-order chi connectivity index (χ1) is 10.6. The Labute approximate surface area is 127 Å². The minimum atomic E-state index is 0.0807. The molecule has 0 radical (unpaired) electrons. The topological polar surface area (TPSA) is 91.0 Å². The Morgan fingerprint density at radius 1 is 1.32 bits per heavy atom. The number of nitrogens with zero attached hydrogens (tertiary/aromatic N) is 3. The predicted octanol–water partition coefficient (Wildman–Crippen LogP) is 1.19. The number of rotatable bonds is 4. The van der Waals surface area contributed by atoms with Crippen LogP contribution in [0.1, 0.15) is 30.1 Å². The molecule has 114 valence electrons. The number of likely N-dealkylation sites (tertiary alicyclic amines) is 1. The van der Waals surface area contributed by atoms with Crippen molar-refractivity contribution in [3.8, 4) is 0 Å². The van der Waals surface area contributed by atoms with E-state index < -0.39 is 0 Å². The van der Waals surface area contributed by atoms with E-state index in [2.05, 4.69) is 20.3 Å². The van der Waals surface area contributed by atoms with Crippen molar-refractivity contribution < 1.29 is 9.59 Å². The van der Waals surface area contributed by atoms with E-state index in [4.69, 9.17) is 0 Å². The molecule has 0 spiro atoms. The van der Waals surface area contributed by atoms with Crippen molar-refractivity contribution in [1.82, 2.24) is 19.9 Å². The van der Waals surface area contributed by atoms with Gasteiger partial charge in [-0.25, -0.2) is 9.97 Å². The molecule has 2 fully saturated rings. The number of hydrogen-bond donors (Lipinski definition) is 2. The fourth-order valence-electron chi connectivity index (χ4n) is 2.85. The highest BCUT2D eigenvalue weighted by atomic mass is 16.2. The number of ketones is 1. The summed E-state index contributed by atoms with van der Waals surface area (Å²) in [6, 6.07) is 0.167. The fourth-order valence-corrected chi connectivity index (χ4v) is 2.85. The number of aromatic nitrogens is 3. The molecule has 1 aliphatic heterocycles. The Balaban J connectivity index is 1.61. The maximum atomic E-state index is 12.4. The molecule has 4 rings (SSSR count). The van der Waals surface area contributed by atoms with Gasteiger partial charge < -0.3 is 15.2 Å². The number of carbonyl (C=O) groups is 2. The third-order valence-corrected chi connectivity index (χ3v) is 4.35. The zero-order valence-electron chi connectivity index (χ0n) is 12.3. The van der Waals surface area contributed by atoms with Gasteiger partial charge in [-0.2, -0.15) is 0 Å². The molecule has 3 heterocycles. The second-order valence-corrected chi connectivity index (χ2v) is 6.05. The van der Waals surface area contributed by atoms with Gasteiger partial charge in [0.05, 0.1) is 11.4 Å². The van der Waals surface area contributed by atoms with Gasteiger partial charge in [0.2, 0.25) is 5.91 Å². The monoisotopic (exact) mass is 299 g/mol. The van der Waals surface area contributed by atoms with E-state index in [1.807, 2.05) is 0 Å². The summed E-state index contributed by atoms with van der Waals surface area (Å²) in [7, 11) is 0. The summed E-state index contributed by atoms with van der Waals surface area (Å²) in [6.07, 6.45) is 5.15. The second kappa shape index (κ2) is 4.79. The number of hydrogen-bond acceptors (Lipinski definition) is 5. The van der Waals surface area contributed by atoms with Gasteiger partial charge in [-0.1, -0.05) is 0 Å². The summed E-state index contributed by atoms with van der Waals surface area (Å²) in [5.74, 6) is 1.08. The third-order valence-electron chi connectivity index (χ3n) is 4.35. The van der Waals surface area contributed by atoms with Crippen molar-refractivity contribution >= 4 is 28.5 Å². The van der Waals surface area contributed by atoms with Crippen LogP contribution in [0, 0.1) is 5.92 Å². The number of anilines is 1. The molecule has 2 N–H and O–H groups in total. The van der Waals surface area contributed by atoms with Crippen molar-refractivity contribution in [3.05, 3.63) is 18.1 Å². The van der Waals surface area contributed by atoms with Gasteiger partial charge in [-0.05, 0) is 12.8 Å². The SMILES string of the molecule is CC(=O)N1CC(Nc2ncnc3[nH]cc(C(=O)C4CC4)c23)C1. The van der Waals surface area contributed by atoms with E-state index in [1.165, 1.54) is 6.33 Å². The summed E-state index contributed by atoms with van der Waals surface area (Å²) >= 11 is 0. The quantitative estimate of drug-likeness (QED) is 0.828. The average molecular weight is 299 g/mol. The summed E-state index contributed by atoms with van der Waals surface area (Å²) in [5, 5.41) is 4.09. The van der Waals surface area contributed by atoms with Gasteiger partial charge in [0.15, 0.2) is 5.78 Å². The van der Waals surface area contributed by atoms with E-state index in [-0.39, 0.29) is 23.7 Å². The van der Waals surface area contributed by atoms with E-state index in [9.17, 15) is 9.59 Å². The Morgan fingerprint density at radius 3 is 2.77 bits per heavy atom. The van der Waals surface area contributed by atoms with Crippen molar-refractivity contribution in [1.29, 1.82) is 0 Å². The number of fused-ring (bicyclic) bond motifs is 1. The van der Waals surface area contributed by atoms with E-state index in [1.54, 1.807) is 18.0 Å². The second-order valence-electron chi connectivity index (χ2n) is 6.05. The lowest BCUT2D eigenvalue weighted by Gasteiger charge is -2.39. The molecule has 0 bridgehead atoms.